The summed E-state index contributed by atoms with van der Waals surface area (Å²) < 4.78 is 51.8. The highest BCUT2D eigenvalue weighted by Crippen LogP contribution is 2.33. The molecule has 19 heavy (non-hydrogen) atoms. The molecular weight excluding hydrogens is 256 g/mol. The smallest absolute Gasteiger partial charge is 0.206 e. The van der Waals surface area contributed by atoms with E-state index in [9.17, 15) is 17.6 Å². The highest BCUT2D eigenvalue weighted by Gasteiger charge is 2.31. The van der Waals surface area contributed by atoms with Gasteiger partial charge < -0.3 is 0 Å². The Morgan fingerprint density at radius 2 is 1.68 bits per heavy atom. The van der Waals surface area contributed by atoms with Gasteiger partial charge in [0.2, 0.25) is 0 Å². The summed E-state index contributed by atoms with van der Waals surface area (Å²) in [5.41, 5.74) is -0.625. The van der Waals surface area contributed by atoms with E-state index < -0.39 is 17.6 Å². The van der Waals surface area contributed by atoms with Crippen LogP contribution in [0.2, 0.25) is 0 Å². The Hall–Kier alpha value is -2.28. The summed E-state index contributed by atoms with van der Waals surface area (Å²) in [7, 11) is 0. The zero-order valence-corrected chi connectivity index (χ0v) is 9.63. The first-order valence-electron chi connectivity index (χ1n) is 5.35. The maximum absolute atomic E-state index is 13.6. The van der Waals surface area contributed by atoms with Gasteiger partial charge in [-0.1, -0.05) is 24.1 Å². The molecule has 0 aliphatic heterocycles. The molecule has 2 aromatic carbocycles. The molecule has 4 heteroatoms. The molecule has 0 heterocycles. The number of benzene rings is 2. The van der Waals surface area contributed by atoms with E-state index in [1.54, 1.807) is 6.07 Å². The van der Waals surface area contributed by atoms with Crippen LogP contribution >= 0.6 is 0 Å². The zero-order chi connectivity index (χ0) is 14.0. The minimum Gasteiger partial charge on any atom is -0.206 e. The van der Waals surface area contributed by atoms with Crippen molar-refractivity contribution in [1.82, 2.24) is 0 Å². The summed E-state index contributed by atoms with van der Waals surface area (Å²) >= 11 is 0. The molecule has 0 aromatic heterocycles. The van der Waals surface area contributed by atoms with Crippen molar-refractivity contribution in [1.29, 1.82) is 0 Å². The third-order valence-corrected chi connectivity index (χ3v) is 2.61. The van der Waals surface area contributed by atoms with Crippen LogP contribution in [0.5, 0.6) is 0 Å². The Balaban J connectivity index is 2.66. The number of hydrogen-bond donors (Lipinski definition) is 0. The van der Waals surface area contributed by atoms with Gasteiger partial charge in [-0.25, -0.2) is 4.39 Å². The lowest BCUT2D eigenvalue weighted by molar-refractivity contribution is -0.137. The highest BCUT2D eigenvalue weighted by molar-refractivity contribution is 5.67. The van der Waals surface area contributed by atoms with Crippen LogP contribution in [-0.4, -0.2) is 0 Å². The molecule has 96 valence electrons. The molecule has 2 aromatic rings. The number of hydrogen-bond acceptors (Lipinski definition) is 0. The van der Waals surface area contributed by atoms with Gasteiger partial charge in [0.15, 0.2) is 0 Å². The maximum Gasteiger partial charge on any atom is 0.416 e. The molecule has 0 unspecified atom stereocenters. The first kappa shape index (κ1) is 13.2. The Morgan fingerprint density at radius 1 is 1.00 bits per heavy atom. The van der Waals surface area contributed by atoms with Gasteiger partial charge in [0.25, 0.3) is 0 Å². The summed E-state index contributed by atoms with van der Waals surface area (Å²) in [5, 5.41) is 0. The molecule has 0 saturated carbocycles. The summed E-state index contributed by atoms with van der Waals surface area (Å²) in [4.78, 5) is 0. The van der Waals surface area contributed by atoms with Crippen molar-refractivity contribution in [2.24, 2.45) is 0 Å². The average molecular weight is 264 g/mol. The quantitative estimate of drug-likeness (QED) is 0.525. The number of rotatable bonds is 1. The fourth-order valence-corrected chi connectivity index (χ4v) is 1.73. The molecule has 0 radical (unpaired) electrons. The Bertz CT molecular complexity index is 648. The van der Waals surface area contributed by atoms with Crippen molar-refractivity contribution in [3.63, 3.8) is 0 Å². The molecule has 0 amide bonds. The van der Waals surface area contributed by atoms with Gasteiger partial charge in [0.05, 0.1) is 5.56 Å². The van der Waals surface area contributed by atoms with Gasteiger partial charge in [0, 0.05) is 11.1 Å². The number of terminal acetylenes is 1. The molecule has 0 spiro atoms. The number of halogens is 4. The second-order valence-corrected chi connectivity index (χ2v) is 3.92. The SMILES string of the molecule is C#Cc1cc(-c2ccccc2F)cc(C(F)(F)F)c1. The van der Waals surface area contributed by atoms with Crippen molar-refractivity contribution in [2.75, 3.05) is 0 Å². The van der Waals surface area contributed by atoms with Gasteiger partial charge in [-0.15, -0.1) is 6.42 Å². The first-order chi connectivity index (χ1) is 8.91. The molecule has 0 aliphatic rings. The Morgan fingerprint density at radius 3 is 2.26 bits per heavy atom. The number of alkyl halides is 3. The lowest BCUT2D eigenvalue weighted by atomic mass is 9.99. The predicted octanol–water partition coefficient (Wildman–Crippen LogP) is 4.49. The van der Waals surface area contributed by atoms with Crippen molar-refractivity contribution in [3.05, 3.63) is 59.4 Å². The minimum absolute atomic E-state index is 0.0630. The van der Waals surface area contributed by atoms with Crippen LogP contribution in [0.15, 0.2) is 42.5 Å². The minimum atomic E-state index is -4.52. The van der Waals surface area contributed by atoms with Crippen LogP contribution in [0.3, 0.4) is 0 Å². The lowest BCUT2D eigenvalue weighted by Crippen LogP contribution is -2.05. The van der Waals surface area contributed by atoms with Crippen LogP contribution < -0.4 is 0 Å². The van der Waals surface area contributed by atoms with Crippen LogP contribution in [0, 0.1) is 18.2 Å². The largest absolute Gasteiger partial charge is 0.416 e. The lowest BCUT2D eigenvalue weighted by Gasteiger charge is -2.11. The fourth-order valence-electron chi connectivity index (χ4n) is 1.73. The van der Waals surface area contributed by atoms with Crippen molar-refractivity contribution in [2.45, 2.75) is 6.18 Å². The van der Waals surface area contributed by atoms with Crippen LogP contribution in [0.25, 0.3) is 11.1 Å². The second-order valence-electron chi connectivity index (χ2n) is 3.92. The molecule has 0 atom stereocenters. The standard InChI is InChI=1S/C15H8F4/c1-2-10-7-11(9-12(8-10)15(17,18)19)13-5-3-4-6-14(13)16/h1,3-9H. The van der Waals surface area contributed by atoms with E-state index in [0.717, 1.165) is 12.1 Å². The maximum atomic E-state index is 13.6. The molecule has 0 saturated heterocycles. The van der Waals surface area contributed by atoms with E-state index in [1.807, 2.05) is 0 Å². The Kier molecular flexibility index (Phi) is 3.30. The summed E-state index contributed by atoms with van der Waals surface area (Å²) in [5.74, 6) is 1.55. The summed E-state index contributed by atoms with van der Waals surface area (Å²) in [6.07, 6.45) is 0.615. The molecule has 2 rings (SSSR count). The third-order valence-electron chi connectivity index (χ3n) is 2.61. The summed E-state index contributed by atoms with van der Waals surface area (Å²) in [6, 6.07) is 8.72. The van der Waals surface area contributed by atoms with E-state index in [0.29, 0.717) is 0 Å². The molecule has 0 bridgehead atoms. The van der Waals surface area contributed by atoms with Crippen LogP contribution in [0.4, 0.5) is 17.6 Å². The molecular formula is C15H8F4. The first-order valence-corrected chi connectivity index (χ1v) is 5.35. The third kappa shape index (κ3) is 2.76. The van der Waals surface area contributed by atoms with E-state index in [4.69, 9.17) is 6.42 Å². The summed E-state index contributed by atoms with van der Waals surface area (Å²) in [6.45, 7) is 0. The van der Waals surface area contributed by atoms with Gasteiger partial charge in [0.1, 0.15) is 5.82 Å². The average Bonchev–Trinajstić information content (AvgIpc) is 2.37. The fraction of sp³-hybridized carbons (Fsp3) is 0.0667. The van der Waals surface area contributed by atoms with Crippen molar-refractivity contribution >= 4 is 0 Å². The van der Waals surface area contributed by atoms with Gasteiger partial charge >= 0.3 is 6.18 Å². The van der Waals surface area contributed by atoms with E-state index >= 15 is 0 Å². The second kappa shape index (κ2) is 4.77. The molecule has 0 fully saturated rings. The topological polar surface area (TPSA) is 0 Å². The van der Waals surface area contributed by atoms with Gasteiger partial charge in [-0.3, -0.25) is 0 Å². The molecule has 0 nitrogen and oxygen atoms in total. The molecule has 0 N–H and O–H groups in total. The van der Waals surface area contributed by atoms with E-state index in [-0.39, 0.29) is 16.7 Å². The van der Waals surface area contributed by atoms with E-state index in [2.05, 4.69) is 5.92 Å². The van der Waals surface area contributed by atoms with Crippen molar-refractivity contribution in [3.8, 4) is 23.5 Å². The van der Waals surface area contributed by atoms with E-state index in [1.165, 1.54) is 24.3 Å². The van der Waals surface area contributed by atoms with Crippen LogP contribution in [0.1, 0.15) is 11.1 Å². The van der Waals surface area contributed by atoms with Crippen LogP contribution in [-0.2, 0) is 6.18 Å². The monoisotopic (exact) mass is 264 g/mol. The molecule has 0 aliphatic carbocycles. The normalized spacial score (nSPS) is 11.1. The highest BCUT2D eigenvalue weighted by atomic mass is 19.4. The van der Waals surface area contributed by atoms with Gasteiger partial charge in [-0.2, -0.15) is 13.2 Å². The Labute approximate surface area is 107 Å². The zero-order valence-electron chi connectivity index (χ0n) is 9.63. The van der Waals surface area contributed by atoms with Gasteiger partial charge in [-0.05, 0) is 29.8 Å². The van der Waals surface area contributed by atoms with Crippen molar-refractivity contribution < 1.29 is 17.6 Å². The predicted molar refractivity (Wildman–Crippen MR) is 64.8 cm³/mol.